The monoisotopic (exact) mass is 279 g/mol. The van der Waals surface area contributed by atoms with Crippen molar-refractivity contribution < 1.29 is 0 Å². The van der Waals surface area contributed by atoms with Crippen molar-refractivity contribution in [1.82, 2.24) is 14.9 Å². The molecule has 21 heavy (non-hydrogen) atoms. The first-order chi connectivity index (χ1) is 10.2. The van der Waals surface area contributed by atoms with Crippen LogP contribution in [0.25, 0.3) is 5.69 Å². The zero-order valence-electron chi connectivity index (χ0n) is 12.2. The molecular weight excluding hydrogens is 262 g/mol. The Morgan fingerprint density at radius 1 is 1.19 bits per heavy atom. The van der Waals surface area contributed by atoms with Crippen LogP contribution in [-0.2, 0) is 6.54 Å². The van der Waals surface area contributed by atoms with Crippen molar-refractivity contribution in [3.63, 3.8) is 0 Å². The second-order valence-corrected chi connectivity index (χ2v) is 5.23. The number of hydrogen-bond donors (Lipinski definition) is 1. The predicted octanol–water partition coefficient (Wildman–Crippen LogP) is 2.36. The SMILES string of the molecule is CC(C)CNCc1ccc(-n2cnc(C#N)c2C#N)cc1. The van der Waals surface area contributed by atoms with E-state index in [0.717, 1.165) is 18.8 Å². The summed E-state index contributed by atoms with van der Waals surface area (Å²) < 4.78 is 1.63. The molecule has 0 bridgehead atoms. The maximum absolute atomic E-state index is 9.13. The molecule has 1 aromatic carbocycles. The fourth-order valence-electron chi connectivity index (χ4n) is 2.01. The van der Waals surface area contributed by atoms with Gasteiger partial charge in [0.1, 0.15) is 18.5 Å². The fraction of sp³-hybridized carbons (Fsp3) is 0.312. The molecule has 1 heterocycles. The van der Waals surface area contributed by atoms with Crippen LogP contribution in [0.1, 0.15) is 30.8 Å². The summed E-state index contributed by atoms with van der Waals surface area (Å²) in [6.45, 7) is 6.14. The van der Waals surface area contributed by atoms with Crippen molar-refractivity contribution >= 4 is 0 Å². The molecule has 0 aliphatic rings. The summed E-state index contributed by atoms with van der Waals surface area (Å²) in [7, 11) is 0. The lowest BCUT2D eigenvalue weighted by atomic mass is 10.2. The van der Waals surface area contributed by atoms with Gasteiger partial charge in [-0.2, -0.15) is 10.5 Å². The van der Waals surface area contributed by atoms with Gasteiger partial charge in [-0.25, -0.2) is 4.98 Å². The summed E-state index contributed by atoms with van der Waals surface area (Å²) >= 11 is 0. The molecular formula is C16H17N5. The van der Waals surface area contributed by atoms with Crippen LogP contribution in [0.5, 0.6) is 0 Å². The van der Waals surface area contributed by atoms with Crippen molar-refractivity contribution in [3.8, 4) is 17.8 Å². The van der Waals surface area contributed by atoms with Gasteiger partial charge in [-0.1, -0.05) is 26.0 Å². The summed E-state index contributed by atoms with van der Waals surface area (Å²) in [6.07, 6.45) is 1.50. The first kappa shape index (κ1) is 14.8. The Hall–Kier alpha value is -2.63. The molecule has 0 saturated carbocycles. The number of imidazole rings is 1. The van der Waals surface area contributed by atoms with E-state index in [9.17, 15) is 0 Å². The van der Waals surface area contributed by atoms with Crippen LogP contribution in [0.15, 0.2) is 30.6 Å². The summed E-state index contributed by atoms with van der Waals surface area (Å²) in [5.74, 6) is 0.623. The number of hydrogen-bond acceptors (Lipinski definition) is 4. The number of nitrogens with zero attached hydrogens (tertiary/aromatic N) is 4. The molecule has 0 unspecified atom stereocenters. The maximum atomic E-state index is 9.13. The molecule has 1 N–H and O–H groups in total. The normalized spacial score (nSPS) is 10.3. The van der Waals surface area contributed by atoms with Gasteiger partial charge in [0.2, 0.25) is 0 Å². The second kappa shape index (κ2) is 6.69. The summed E-state index contributed by atoms with van der Waals surface area (Å²) in [5.41, 5.74) is 2.43. The van der Waals surface area contributed by atoms with Gasteiger partial charge in [-0.15, -0.1) is 0 Å². The summed E-state index contributed by atoms with van der Waals surface area (Å²) in [6, 6.07) is 11.8. The van der Waals surface area contributed by atoms with Gasteiger partial charge in [-0.05, 0) is 30.2 Å². The standard InChI is InChI=1S/C16H17N5/c1-12(2)9-19-10-13-3-5-14(6-4-13)21-11-20-15(7-17)16(21)8-18/h3-6,11-12,19H,9-10H2,1-2H3. The highest BCUT2D eigenvalue weighted by atomic mass is 15.1. The van der Waals surface area contributed by atoms with Gasteiger partial charge >= 0.3 is 0 Å². The highest BCUT2D eigenvalue weighted by molar-refractivity contribution is 5.44. The predicted molar refractivity (Wildman–Crippen MR) is 79.5 cm³/mol. The number of benzene rings is 1. The van der Waals surface area contributed by atoms with E-state index in [1.54, 1.807) is 4.57 Å². The van der Waals surface area contributed by atoms with Crippen LogP contribution >= 0.6 is 0 Å². The molecule has 5 heteroatoms. The lowest BCUT2D eigenvalue weighted by molar-refractivity contribution is 0.552. The van der Waals surface area contributed by atoms with Gasteiger partial charge in [0.15, 0.2) is 11.4 Å². The topological polar surface area (TPSA) is 77.4 Å². The Morgan fingerprint density at radius 3 is 2.48 bits per heavy atom. The van der Waals surface area contributed by atoms with E-state index in [1.807, 2.05) is 36.4 Å². The van der Waals surface area contributed by atoms with Gasteiger partial charge in [0.25, 0.3) is 0 Å². The number of rotatable bonds is 5. The Kier molecular flexibility index (Phi) is 4.71. The molecule has 0 fully saturated rings. The van der Waals surface area contributed by atoms with Crippen molar-refractivity contribution in [1.29, 1.82) is 10.5 Å². The average molecular weight is 279 g/mol. The van der Waals surface area contributed by atoms with Gasteiger partial charge in [0.05, 0.1) is 0 Å². The minimum absolute atomic E-state index is 0.153. The molecule has 0 saturated heterocycles. The van der Waals surface area contributed by atoms with Gasteiger partial charge < -0.3 is 5.32 Å². The molecule has 0 atom stereocenters. The molecule has 5 nitrogen and oxygen atoms in total. The fourth-order valence-corrected chi connectivity index (χ4v) is 2.01. The highest BCUT2D eigenvalue weighted by Crippen LogP contribution is 2.14. The van der Waals surface area contributed by atoms with Gasteiger partial charge in [0, 0.05) is 12.2 Å². The van der Waals surface area contributed by atoms with E-state index in [4.69, 9.17) is 10.5 Å². The zero-order chi connectivity index (χ0) is 15.2. The van der Waals surface area contributed by atoms with E-state index in [2.05, 4.69) is 24.1 Å². The third-order valence-electron chi connectivity index (χ3n) is 3.08. The maximum Gasteiger partial charge on any atom is 0.177 e. The van der Waals surface area contributed by atoms with Crippen LogP contribution in [0, 0.1) is 28.6 Å². The van der Waals surface area contributed by atoms with Crippen molar-refractivity contribution in [2.75, 3.05) is 6.54 Å². The largest absolute Gasteiger partial charge is 0.312 e. The molecule has 2 rings (SSSR count). The Morgan fingerprint density at radius 2 is 1.90 bits per heavy atom. The number of nitrogens with one attached hydrogen (secondary N) is 1. The van der Waals surface area contributed by atoms with Crippen molar-refractivity contribution in [2.24, 2.45) is 5.92 Å². The molecule has 0 aliphatic heterocycles. The Labute approximate surface area is 124 Å². The van der Waals surface area contributed by atoms with Gasteiger partial charge in [-0.3, -0.25) is 4.57 Å². The average Bonchev–Trinajstić information content (AvgIpc) is 2.90. The van der Waals surface area contributed by atoms with Crippen LogP contribution in [-0.4, -0.2) is 16.1 Å². The molecule has 0 amide bonds. The minimum Gasteiger partial charge on any atom is -0.312 e. The first-order valence-corrected chi connectivity index (χ1v) is 6.83. The van der Waals surface area contributed by atoms with E-state index in [0.29, 0.717) is 5.92 Å². The highest BCUT2D eigenvalue weighted by Gasteiger charge is 2.11. The Bertz CT molecular complexity index is 683. The van der Waals surface area contributed by atoms with Crippen LogP contribution in [0.4, 0.5) is 0 Å². The molecule has 0 spiro atoms. The summed E-state index contributed by atoms with van der Waals surface area (Å²) in [5, 5.41) is 21.4. The van der Waals surface area contributed by atoms with E-state index >= 15 is 0 Å². The number of nitriles is 2. The smallest absolute Gasteiger partial charge is 0.177 e. The van der Waals surface area contributed by atoms with E-state index < -0.39 is 0 Å². The molecule has 2 aromatic rings. The lowest BCUT2D eigenvalue weighted by Crippen LogP contribution is -2.18. The molecule has 0 radical (unpaired) electrons. The minimum atomic E-state index is 0.153. The van der Waals surface area contributed by atoms with E-state index in [-0.39, 0.29) is 11.4 Å². The lowest BCUT2D eigenvalue weighted by Gasteiger charge is -2.09. The van der Waals surface area contributed by atoms with Crippen LogP contribution in [0.3, 0.4) is 0 Å². The third kappa shape index (κ3) is 3.47. The Balaban J connectivity index is 2.15. The molecule has 1 aromatic heterocycles. The quantitative estimate of drug-likeness (QED) is 0.911. The number of aromatic nitrogens is 2. The molecule has 0 aliphatic carbocycles. The third-order valence-corrected chi connectivity index (χ3v) is 3.08. The van der Waals surface area contributed by atoms with E-state index in [1.165, 1.54) is 11.9 Å². The molecule has 106 valence electrons. The van der Waals surface area contributed by atoms with Crippen LogP contribution < -0.4 is 5.32 Å². The first-order valence-electron chi connectivity index (χ1n) is 6.83. The zero-order valence-corrected chi connectivity index (χ0v) is 12.2. The van der Waals surface area contributed by atoms with Crippen molar-refractivity contribution in [3.05, 3.63) is 47.5 Å². The van der Waals surface area contributed by atoms with Crippen molar-refractivity contribution in [2.45, 2.75) is 20.4 Å². The van der Waals surface area contributed by atoms with Crippen LogP contribution in [0.2, 0.25) is 0 Å². The second-order valence-electron chi connectivity index (χ2n) is 5.23. The summed E-state index contributed by atoms with van der Waals surface area (Å²) in [4.78, 5) is 3.94.